The number of carbonyl (C=O) groups is 2. The van der Waals surface area contributed by atoms with E-state index in [4.69, 9.17) is 9.72 Å². The smallest absolute Gasteiger partial charge is 0.255 e. The Morgan fingerprint density at radius 3 is 2.56 bits per heavy atom. The molecule has 0 aliphatic carbocycles. The fourth-order valence-corrected chi connectivity index (χ4v) is 4.51. The lowest BCUT2D eigenvalue weighted by Gasteiger charge is -2.31. The number of benzene rings is 2. The molecule has 7 heteroatoms. The Morgan fingerprint density at radius 1 is 1.12 bits per heavy atom. The van der Waals surface area contributed by atoms with Crippen molar-refractivity contribution in [1.82, 2.24) is 19.8 Å². The van der Waals surface area contributed by atoms with Crippen molar-refractivity contribution in [1.29, 1.82) is 0 Å². The van der Waals surface area contributed by atoms with Crippen molar-refractivity contribution in [3.63, 3.8) is 0 Å². The van der Waals surface area contributed by atoms with Crippen LogP contribution in [-0.2, 0) is 22.6 Å². The van der Waals surface area contributed by atoms with Gasteiger partial charge in [0.25, 0.3) is 5.91 Å². The first kappa shape index (κ1) is 22.0. The molecule has 0 radical (unpaired) electrons. The minimum absolute atomic E-state index is 0.0345. The zero-order chi connectivity index (χ0) is 22.8. The van der Waals surface area contributed by atoms with Crippen LogP contribution in [0.5, 0.6) is 0 Å². The molecule has 4 rings (SSSR count). The second-order valence-electron chi connectivity index (χ2n) is 8.61. The number of hydrogen-bond donors (Lipinski definition) is 1. The Morgan fingerprint density at radius 2 is 1.84 bits per heavy atom. The number of methoxy groups -OCH3 is 1. The van der Waals surface area contributed by atoms with Gasteiger partial charge in [-0.2, -0.15) is 0 Å². The van der Waals surface area contributed by atoms with Crippen LogP contribution in [0.4, 0.5) is 0 Å². The van der Waals surface area contributed by atoms with E-state index >= 15 is 0 Å². The fourth-order valence-electron chi connectivity index (χ4n) is 4.51. The van der Waals surface area contributed by atoms with Crippen LogP contribution in [0.1, 0.15) is 48.6 Å². The molecule has 1 aliphatic heterocycles. The molecular weight excluding hydrogens is 404 g/mol. The highest BCUT2D eigenvalue weighted by atomic mass is 16.5. The van der Waals surface area contributed by atoms with Crippen molar-refractivity contribution in [2.75, 3.05) is 13.7 Å². The molecule has 3 aromatic rings. The first-order valence-electron chi connectivity index (χ1n) is 11.1. The summed E-state index contributed by atoms with van der Waals surface area (Å²) in [7, 11) is 1.67. The fraction of sp³-hybridized carbons (Fsp3) is 0.400. The average molecular weight is 435 g/mol. The van der Waals surface area contributed by atoms with Gasteiger partial charge in [0.1, 0.15) is 11.9 Å². The predicted molar refractivity (Wildman–Crippen MR) is 123 cm³/mol. The molecule has 0 saturated carbocycles. The zero-order valence-electron chi connectivity index (χ0n) is 19.0. The van der Waals surface area contributed by atoms with E-state index in [-0.39, 0.29) is 23.8 Å². The molecular formula is C25H30N4O3. The highest BCUT2D eigenvalue weighted by Crippen LogP contribution is 2.28. The summed E-state index contributed by atoms with van der Waals surface area (Å²) in [4.78, 5) is 32.9. The van der Waals surface area contributed by atoms with Crippen LogP contribution >= 0.6 is 0 Å². The molecule has 0 spiro atoms. The normalized spacial score (nSPS) is 15.3. The van der Waals surface area contributed by atoms with E-state index in [2.05, 4.69) is 9.88 Å². The molecule has 1 aliphatic rings. The van der Waals surface area contributed by atoms with Crippen LogP contribution < -0.4 is 5.32 Å². The number of rotatable bonds is 8. The Hall–Kier alpha value is -3.19. The van der Waals surface area contributed by atoms with Gasteiger partial charge in [-0.1, -0.05) is 44.2 Å². The zero-order valence-corrected chi connectivity index (χ0v) is 19.0. The van der Waals surface area contributed by atoms with E-state index in [1.54, 1.807) is 12.0 Å². The standard InChI is InChI=1S/C25H30N4O3/c1-16(2)22(29-15-18-9-5-6-10-19(18)25(29)31)24(30)26-17(3)23-27-20-11-7-8-12-21(20)28(23)13-14-32-4/h5-12,16-17,22H,13-15H2,1-4H3,(H,26,30)/t17-,22+/m1/s1. The van der Waals surface area contributed by atoms with Crippen molar-refractivity contribution < 1.29 is 14.3 Å². The van der Waals surface area contributed by atoms with Gasteiger partial charge in [0.05, 0.1) is 23.7 Å². The molecule has 0 bridgehead atoms. The molecule has 7 nitrogen and oxygen atoms in total. The second-order valence-corrected chi connectivity index (χ2v) is 8.61. The summed E-state index contributed by atoms with van der Waals surface area (Å²) in [5, 5.41) is 3.12. The Labute approximate surface area is 188 Å². The van der Waals surface area contributed by atoms with Crippen molar-refractivity contribution in [3.05, 3.63) is 65.5 Å². The first-order chi connectivity index (χ1) is 15.4. The van der Waals surface area contributed by atoms with Gasteiger partial charge in [-0.3, -0.25) is 9.59 Å². The van der Waals surface area contributed by atoms with Crippen molar-refractivity contribution >= 4 is 22.8 Å². The maximum Gasteiger partial charge on any atom is 0.255 e. The number of carbonyl (C=O) groups excluding carboxylic acids is 2. The molecule has 0 saturated heterocycles. The van der Waals surface area contributed by atoms with Gasteiger partial charge in [0.2, 0.25) is 5.91 Å². The van der Waals surface area contributed by atoms with E-state index in [1.807, 2.05) is 69.3 Å². The summed E-state index contributed by atoms with van der Waals surface area (Å²) in [6.45, 7) is 7.51. The summed E-state index contributed by atoms with van der Waals surface area (Å²) >= 11 is 0. The molecule has 0 unspecified atom stereocenters. The maximum atomic E-state index is 13.4. The van der Waals surface area contributed by atoms with Crippen LogP contribution in [0.25, 0.3) is 11.0 Å². The minimum atomic E-state index is -0.561. The summed E-state index contributed by atoms with van der Waals surface area (Å²) < 4.78 is 7.37. The second kappa shape index (κ2) is 9.12. The Kier molecular flexibility index (Phi) is 6.28. The Bertz CT molecular complexity index is 1140. The first-order valence-corrected chi connectivity index (χ1v) is 11.1. The topological polar surface area (TPSA) is 76.5 Å². The minimum Gasteiger partial charge on any atom is -0.383 e. The van der Waals surface area contributed by atoms with E-state index in [0.29, 0.717) is 25.3 Å². The van der Waals surface area contributed by atoms with Crippen LogP contribution in [0.15, 0.2) is 48.5 Å². The lowest BCUT2D eigenvalue weighted by Crippen LogP contribution is -2.50. The number of fused-ring (bicyclic) bond motifs is 2. The number of imidazole rings is 1. The molecule has 168 valence electrons. The van der Waals surface area contributed by atoms with Crippen LogP contribution in [-0.4, -0.2) is 46.0 Å². The largest absolute Gasteiger partial charge is 0.383 e. The van der Waals surface area contributed by atoms with E-state index in [0.717, 1.165) is 22.4 Å². The highest BCUT2D eigenvalue weighted by Gasteiger charge is 2.38. The summed E-state index contributed by atoms with van der Waals surface area (Å²) in [6.07, 6.45) is 0. The number of ether oxygens (including phenoxy) is 1. The van der Waals surface area contributed by atoms with Gasteiger partial charge in [-0.25, -0.2) is 4.98 Å². The van der Waals surface area contributed by atoms with Gasteiger partial charge in [-0.05, 0) is 36.6 Å². The molecule has 2 amide bonds. The van der Waals surface area contributed by atoms with Crippen LogP contribution in [0, 0.1) is 5.92 Å². The van der Waals surface area contributed by atoms with E-state index < -0.39 is 6.04 Å². The number of nitrogens with one attached hydrogen (secondary N) is 1. The number of para-hydroxylation sites is 2. The van der Waals surface area contributed by atoms with E-state index in [9.17, 15) is 9.59 Å². The quantitative estimate of drug-likeness (QED) is 0.588. The molecule has 0 fully saturated rings. The number of amides is 2. The SMILES string of the molecule is COCCn1c([C@@H](C)NC(=O)[C@H](C(C)C)N2Cc3ccccc3C2=O)nc2ccccc21. The molecule has 1 N–H and O–H groups in total. The summed E-state index contributed by atoms with van der Waals surface area (Å²) in [5.41, 5.74) is 3.53. The molecule has 2 aromatic carbocycles. The van der Waals surface area contributed by atoms with Gasteiger partial charge in [0.15, 0.2) is 0 Å². The molecule has 1 aromatic heterocycles. The summed E-state index contributed by atoms with van der Waals surface area (Å²) in [6, 6.07) is 14.6. The number of nitrogens with zero attached hydrogens (tertiary/aromatic N) is 3. The van der Waals surface area contributed by atoms with Gasteiger partial charge in [0, 0.05) is 25.8 Å². The monoisotopic (exact) mass is 434 g/mol. The van der Waals surface area contributed by atoms with Gasteiger partial charge in [-0.15, -0.1) is 0 Å². The maximum absolute atomic E-state index is 13.4. The lowest BCUT2D eigenvalue weighted by atomic mass is 10.0. The number of aromatic nitrogens is 2. The lowest BCUT2D eigenvalue weighted by molar-refractivity contribution is -0.127. The third-order valence-corrected chi connectivity index (χ3v) is 6.03. The number of hydrogen-bond acceptors (Lipinski definition) is 4. The van der Waals surface area contributed by atoms with Crippen molar-refractivity contribution in [3.8, 4) is 0 Å². The van der Waals surface area contributed by atoms with Crippen LogP contribution in [0.3, 0.4) is 0 Å². The van der Waals surface area contributed by atoms with Gasteiger partial charge < -0.3 is 19.5 Å². The Balaban J connectivity index is 1.58. The van der Waals surface area contributed by atoms with Gasteiger partial charge >= 0.3 is 0 Å². The average Bonchev–Trinajstić information content (AvgIpc) is 3.30. The molecule has 2 atom stereocenters. The van der Waals surface area contributed by atoms with Crippen molar-refractivity contribution in [2.45, 2.75) is 45.9 Å². The van der Waals surface area contributed by atoms with E-state index in [1.165, 1.54) is 0 Å². The molecule has 32 heavy (non-hydrogen) atoms. The highest BCUT2D eigenvalue weighted by molar-refractivity contribution is 6.01. The van der Waals surface area contributed by atoms with Crippen molar-refractivity contribution in [2.24, 2.45) is 5.92 Å². The third-order valence-electron chi connectivity index (χ3n) is 6.03. The summed E-state index contributed by atoms with van der Waals surface area (Å²) in [5.74, 6) is 0.483. The van der Waals surface area contributed by atoms with Crippen LogP contribution in [0.2, 0.25) is 0 Å². The predicted octanol–water partition coefficient (Wildman–Crippen LogP) is 3.54. The third kappa shape index (κ3) is 4.00. The molecule has 2 heterocycles.